The van der Waals surface area contributed by atoms with Crippen molar-refractivity contribution >= 4 is 63.8 Å². The minimum absolute atomic E-state index is 0.197. The predicted octanol–water partition coefficient (Wildman–Crippen LogP) is 6.26. The molecule has 0 aromatic heterocycles. The molecule has 0 atom stereocenters. The van der Waals surface area contributed by atoms with E-state index in [9.17, 15) is 14.4 Å². The van der Waals surface area contributed by atoms with Crippen molar-refractivity contribution in [2.45, 2.75) is 6.61 Å². The van der Waals surface area contributed by atoms with Gasteiger partial charge in [-0.15, -0.1) is 0 Å². The number of thioether (sulfide) groups is 1. The molecule has 1 heterocycles. The van der Waals surface area contributed by atoms with Gasteiger partial charge < -0.3 is 14.8 Å². The lowest BCUT2D eigenvalue weighted by molar-refractivity contribution is -0.127. The fraction of sp³-hybridized carbons (Fsp3) is 0.115. The highest BCUT2D eigenvalue weighted by Crippen LogP contribution is 2.34. The van der Waals surface area contributed by atoms with E-state index in [1.165, 1.54) is 0 Å². The Hall–Kier alpha value is -3.46. The summed E-state index contributed by atoms with van der Waals surface area (Å²) in [6.45, 7) is -0.168. The van der Waals surface area contributed by atoms with Crippen molar-refractivity contribution in [2.75, 3.05) is 19.0 Å². The number of nitrogens with zero attached hydrogens (tertiary/aromatic N) is 1. The highest BCUT2D eigenvalue weighted by molar-refractivity contribution is 8.18. The quantitative estimate of drug-likeness (QED) is 0.338. The van der Waals surface area contributed by atoms with Gasteiger partial charge in [0.25, 0.3) is 11.1 Å². The van der Waals surface area contributed by atoms with Crippen molar-refractivity contribution < 1.29 is 23.9 Å². The van der Waals surface area contributed by atoms with Crippen LogP contribution in [0.4, 0.5) is 10.5 Å². The van der Waals surface area contributed by atoms with Gasteiger partial charge in [0.05, 0.1) is 22.1 Å². The summed E-state index contributed by atoms with van der Waals surface area (Å²) >= 11 is 12.8. The first-order chi connectivity index (χ1) is 17.3. The fourth-order valence-electron chi connectivity index (χ4n) is 3.32. The third-order valence-electron chi connectivity index (χ3n) is 5.13. The number of rotatable bonds is 8. The lowest BCUT2D eigenvalue weighted by Gasteiger charge is -2.13. The van der Waals surface area contributed by atoms with E-state index in [-0.39, 0.29) is 11.5 Å². The van der Waals surface area contributed by atoms with Crippen molar-refractivity contribution in [3.63, 3.8) is 0 Å². The van der Waals surface area contributed by atoms with Crippen LogP contribution in [-0.2, 0) is 16.2 Å². The molecule has 0 spiro atoms. The smallest absolute Gasteiger partial charge is 0.294 e. The van der Waals surface area contributed by atoms with Gasteiger partial charge in [-0.2, -0.15) is 0 Å². The van der Waals surface area contributed by atoms with Gasteiger partial charge in [0.15, 0.2) is 0 Å². The lowest BCUT2D eigenvalue weighted by Crippen LogP contribution is -2.36. The first kappa shape index (κ1) is 25.6. The minimum Gasteiger partial charge on any atom is -0.497 e. The van der Waals surface area contributed by atoms with Gasteiger partial charge in [-0.3, -0.25) is 19.3 Å². The number of ether oxygens (including phenoxy) is 2. The molecule has 0 bridgehead atoms. The standard InChI is InChI=1S/C26H20Cl2N2O5S/c1-34-19-9-7-18(8-10-19)29-24(31)14-30-25(32)23(36-26(30)33)13-17-4-2-3-5-22(17)35-15-16-6-11-20(27)21(28)12-16/h2-13H,14-15H2,1H3,(H,29,31)/b23-13+. The van der Waals surface area contributed by atoms with Crippen LogP contribution in [0.1, 0.15) is 11.1 Å². The van der Waals surface area contributed by atoms with Crippen molar-refractivity contribution in [1.82, 2.24) is 4.90 Å². The topological polar surface area (TPSA) is 84.9 Å². The Labute approximate surface area is 222 Å². The van der Waals surface area contributed by atoms with E-state index in [4.69, 9.17) is 32.7 Å². The summed E-state index contributed by atoms with van der Waals surface area (Å²) in [7, 11) is 1.54. The monoisotopic (exact) mass is 542 g/mol. The zero-order valence-electron chi connectivity index (χ0n) is 19.0. The van der Waals surface area contributed by atoms with Crippen molar-refractivity contribution in [2.24, 2.45) is 0 Å². The highest BCUT2D eigenvalue weighted by atomic mass is 35.5. The van der Waals surface area contributed by atoms with Gasteiger partial charge in [0.1, 0.15) is 24.7 Å². The van der Waals surface area contributed by atoms with E-state index < -0.39 is 23.6 Å². The summed E-state index contributed by atoms with van der Waals surface area (Å²) < 4.78 is 11.0. The number of hydrogen-bond acceptors (Lipinski definition) is 6. The van der Waals surface area contributed by atoms with Gasteiger partial charge in [-0.1, -0.05) is 47.5 Å². The summed E-state index contributed by atoms with van der Waals surface area (Å²) in [5, 5.41) is 3.02. The second kappa shape index (κ2) is 11.5. The van der Waals surface area contributed by atoms with Gasteiger partial charge >= 0.3 is 0 Å². The van der Waals surface area contributed by atoms with Gasteiger partial charge in [-0.25, -0.2) is 0 Å². The number of carbonyl (C=O) groups excluding carboxylic acids is 3. The van der Waals surface area contributed by atoms with E-state index in [2.05, 4.69) is 5.32 Å². The van der Waals surface area contributed by atoms with Crippen LogP contribution in [-0.4, -0.2) is 35.6 Å². The first-order valence-electron chi connectivity index (χ1n) is 10.7. The van der Waals surface area contributed by atoms with Crippen LogP contribution in [0.3, 0.4) is 0 Å². The number of imide groups is 1. The Balaban J connectivity index is 1.43. The fourth-order valence-corrected chi connectivity index (χ4v) is 4.47. The molecule has 4 rings (SSSR count). The molecule has 0 unspecified atom stereocenters. The van der Waals surface area contributed by atoms with E-state index >= 15 is 0 Å². The summed E-state index contributed by atoms with van der Waals surface area (Å²) in [4.78, 5) is 38.9. The van der Waals surface area contributed by atoms with E-state index in [1.54, 1.807) is 79.9 Å². The summed E-state index contributed by atoms with van der Waals surface area (Å²) in [6.07, 6.45) is 1.58. The molecule has 3 amide bonds. The Morgan fingerprint density at radius 1 is 1.03 bits per heavy atom. The predicted molar refractivity (Wildman–Crippen MR) is 142 cm³/mol. The first-order valence-corrected chi connectivity index (χ1v) is 12.3. The summed E-state index contributed by atoms with van der Waals surface area (Å²) in [6, 6.07) is 19.1. The third-order valence-corrected chi connectivity index (χ3v) is 6.78. The normalized spacial score (nSPS) is 14.3. The molecule has 0 radical (unpaired) electrons. The number of anilines is 1. The van der Waals surface area contributed by atoms with Gasteiger partial charge in [-0.05, 0) is 65.9 Å². The molecule has 1 N–H and O–H groups in total. The average Bonchev–Trinajstić information content (AvgIpc) is 3.13. The number of hydrogen-bond donors (Lipinski definition) is 1. The Kier molecular flexibility index (Phi) is 8.20. The molecule has 1 aliphatic heterocycles. The molecule has 1 aliphatic rings. The molecule has 0 saturated carbocycles. The number of nitrogens with one attached hydrogen (secondary N) is 1. The molecule has 184 valence electrons. The van der Waals surface area contributed by atoms with Crippen LogP contribution in [0, 0.1) is 0 Å². The van der Waals surface area contributed by atoms with Gasteiger partial charge in [0.2, 0.25) is 5.91 Å². The number of benzene rings is 3. The van der Waals surface area contributed by atoms with Crippen LogP contribution in [0.2, 0.25) is 10.0 Å². The summed E-state index contributed by atoms with van der Waals surface area (Å²) in [5.74, 6) is 0.126. The Morgan fingerprint density at radius 2 is 1.78 bits per heavy atom. The highest BCUT2D eigenvalue weighted by Gasteiger charge is 2.36. The molecular formula is C26H20Cl2N2O5S. The third kappa shape index (κ3) is 6.20. The number of methoxy groups -OCH3 is 1. The molecule has 36 heavy (non-hydrogen) atoms. The number of carbonyl (C=O) groups is 3. The maximum absolute atomic E-state index is 12.9. The zero-order valence-corrected chi connectivity index (χ0v) is 21.3. The van der Waals surface area contributed by atoms with Crippen LogP contribution in [0.15, 0.2) is 71.6 Å². The van der Waals surface area contributed by atoms with E-state index in [1.807, 2.05) is 0 Å². The lowest BCUT2D eigenvalue weighted by atomic mass is 10.1. The Bertz CT molecular complexity index is 1340. The maximum atomic E-state index is 12.9. The number of amides is 3. The van der Waals surface area contributed by atoms with E-state index in [0.29, 0.717) is 32.8 Å². The minimum atomic E-state index is -0.547. The van der Waals surface area contributed by atoms with Crippen LogP contribution in [0.5, 0.6) is 11.5 Å². The SMILES string of the molecule is COc1ccc(NC(=O)CN2C(=O)S/C(=C/c3ccccc3OCc3ccc(Cl)c(Cl)c3)C2=O)cc1. The molecule has 1 saturated heterocycles. The molecule has 1 fully saturated rings. The van der Waals surface area contributed by atoms with Crippen molar-refractivity contribution in [1.29, 1.82) is 0 Å². The molecular weight excluding hydrogens is 523 g/mol. The van der Waals surface area contributed by atoms with E-state index in [0.717, 1.165) is 22.2 Å². The summed E-state index contributed by atoms with van der Waals surface area (Å²) in [5.41, 5.74) is 1.96. The molecule has 3 aromatic carbocycles. The molecule has 10 heteroatoms. The molecule has 0 aliphatic carbocycles. The van der Waals surface area contributed by atoms with Gasteiger partial charge in [0, 0.05) is 11.3 Å². The van der Waals surface area contributed by atoms with Crippen LogP contribution in [0.25, 0.3) is 6.08 Å². The van der Waals surface area contributed by atoms with Crippen molar-refractivity contribution in [3.8, 4) is 11.5 Å². The molecule has 3 aromatic rings. The maximum Gasteiger partial charge on any atom is 0.294 e. The zero-order chi connectivity index (χ0) is 25.7. The second-order valence-electron chi connectivity index (χ2n) is 7.62. The van der Waals surface area contributed by atoms with Crippen LogP contribution < -0.4 is 14.8 Å². The Morgan fingerprint density at radius 3 is 2.50 bits per heavy atom. The largest absolute Gasteiger partial charge is 0.497 e. The number of halogens is 2. The second-order valence-corrected chi connectivity index (χ2v) is 9.43. The molecule has 7 nitrogen and oxygen atoms in total. The number of para-hydroxylation sites is 1. The average molecular weight is 543 g/mol. The van der Waals surface area contributed by atoms with Crippen LogP contribution >= 0.6 is 35.0 Å². The van der Waals surface area contributed by atoms with Crippen molar-refractivity contribution in [3.05, 3.63) is 92.8 Å².